The lowest BCUT2D eigenvalue weighted by Gasteiger charge is -2.31. The van der Waals surface area contributed by atoms with Gasteiger partial charge in [0, 0.05) is 6.54 Å². The van der Waals surface area contributed by atoms with Crippen LogP contribution in [0.4, 0.5) is 0 Å². The van der Waals surface area contributed by atoms with E-state index in [4.69, 9.17) is 4.74 Å². The van der Waals surface area contributed by atoms with Crippen LogP contribution in [0.2, 0.25) is 0 Å². The Labute approximate surface area is 147 Å². The van der Waals surface area contributed by atoms with Gasteiger partial charge in [-0.3, -0.25) is 0 Å². The maximum Gasteiger partial charge on any atom is 0.119 e. The fraction of sp³-hybridized carbons (Fsp3) is 0.714. The average molecular weight is 332 g/mol. The Morgan fingerprint density at radius 1 is 1.04 bits per heavy atom. The molecule has 3 rings (SSSR count). The summed E-state index contributed by atoms with van der Waals surface area (Å²) in [5.41, 5.74) is 1.45. The first-order valence-electron chi connectivity index (χ1n) is 9.84. The smallest absolute Gasteiger partial charge is 0.119 e. The second-order valence-corrected chi connectivity index (χ2v) is 7.85. The summed E-state index contributed by atoms with van der Waals surface area (Å²) in [5.74, 6) is 2.44. The lowest BCUT2D eigenvalue weighted by molar-refractivity contribution is 0.0563. The normalized spacial score (nSPS) is 22.4. The molecule has 3 heteroatoms. The van der Waals surface area contributed by atoms with E-state index < -0.39 is 6.10 Å². The first-order valence-corrected chi connectivity index (χ1v) is 9.84. The molecule has 1 aliphatic carbocycles. The van der Waals surface area contributed by atoms with Crippen LogP contribution in [0.3, 0.4) is 0 Å². The number of ether oxygens (including phenoxy) is 1. The molecule has 0 aromatic heterocycles. The van der Waals surface area contributed by atoms with Crippen molar-refractivity contribution >= 4 is 0 Å². The minimum absolute atomic E-state index is 0.384. The van der Waals surface area contributed by atoms with Crippen LogP contribution >= 0.6 is 0 Å². The van der Waals surface area contributed by atoms with Gasteiger partial charge in [-0.15, -0.1) is 0 Å². The molecule has 2 aliphatic rings. The highest BCUT2D eigenvalue weighted by atomic mass is 16.5. The van der Waals surface area contributed by atoms with Crippen LogP contribution < -0.4 is 4.74 Å². The third-order valence-corrected chi connectivity index (χ3v) is 5.74. The standard InChI is InChI=1S/C21H33NO2/c1-17-11-13-22(14-12-17)15-20(23)16-24-21-9-7-19(8-10-21)18-5-3-2-4-6-18/h7-10,17-18,20,23H,2-6,11-16H2,1H3/t20-/m0/s1. The van der Waals surface area contributed by atoms with Crippen molar-refractivity contribution in [2.45, 2.75) is 63.9 Å². The van der Waals surface area contributed by atoms with Gasteiger partial charge in [-0.05, 0) is 68.3 Å². The molecule has 0 spiro atoms. The summed E-state index contributed by atoms with van der Waals surface area (Å²) >= 11 is 0. The predicted octanol–water partition coefficient (Wildman–Crippen LogP) is 4.21. The summed E-state index contributed by atoms with van der Waals surface area (Å²) in [6.07, 6.45) is 8.87. The Bertz CT molecular complexity index is 473. The van der Waals surface area contributed by atoms with Crippen LogP contribution in [0.1, 0.15) is 63.4 Å². The van der Waals surface area contributed by atoms with Crippen molar-refractivity contribution in [2.75, 3.05) is 26.2 Å². The van der Waals surface area contributed by atoms with Gasteiger partial charge in [0.15, 0.2) is 0 Å². The van der Waals surface area contributed by atoms with E-state index in [1.54, 1.807) is 0 Å². The summed E-state index contributed by atoms with van der Waals surface area (Å²) in [6.45, 7) is 5.64. The monoisotopic (exact) mass is 331 g/mol. The topological polar surface area (TPSA) is 32.7 Å². The number of benzene rings is 1. The zero-order valence-electron chi connectivity index (χ0n) is 15.1. The predicted molar refractivity (Wildman–Crippen MR) is 98.6 cm³/mol. The minimum atomic E-state index is -0.406. The molecular weight excluding hydrogens is 298 g/mol. The van der Waals surface area contributed by atoms with Gasteiger partial charge in [0.1, 0.15) is 18.5 Å². The van der Waals surface area contributed by atoms with Gasteiger partial charge >= 0.3 is 0 Å². The zero-order chi connectivity index (χ0) is 16.8. The molecule has 0 amide bonds. The van der Waals surface area contributed by atoms with Crippen molar-refractivity contribution in [3.05, 3.63) is 29.8 Å². The van der Waals surface area contributed by atoms with Crippen LogP contribution in [0.5, 0.6) is 5.75 Å². The second-order valence-electron chi connectivity index (χ2n) is 7.85. The molecule has 1 aromatic carbocycles. The first-order chi connectivity index (χ1) is 11.7. The van der Waals surface area contributed by atoms with Crippen molar-refractivity contribution < 1.29 is 9.84 Å². The number of nitrogens with zero attached hydrogens (tertiary/aromatic N) is 1. The van der Waals surface area contributed by atoms with Crippen LogP contribution in [0.25, 0.3) is 0 Å². The lowest BCUT2D eigenvalue weighted by atomic mass is 9.84. The van der Waals surface area contributed by atoms with E-state index >= 15 is 0 Å². The van der Waals surface area contributed by atoms with E-state index in [1.165, 1.54) is 50.5 Å². The second kappa shape index (κ2) is 8.87. The maximum absolute atomic E-state index is 10.2. The molecule has 2 fully saturated rings. The van der Waals surface area contributed by atoms with Crippen LogP contribution in [-0.2, 0) is 0 Å². The Morgan fingerprint density at radius 2 is 1.71 bits per heavy atom. The first kappa shape index (κ1) is 17.8. The molecule has 1 saturated carbocycles. The van der Waals surface area contributed by atoms with Crippen molar-refractivity contribution in [2.24, 2.45) is 5.92 Å². The Balaban J connectivity index is 1.41. The van der Waals surface area contributed by atoms with Crippen LogP contribution in [0, 0.1) is 5.92 Å². The molecule has 1 atom stereocenters. The number of hydrogen-bond donors (Lipinski definition) is 1. The summed E-state index contributed by atoms with van der Waals surface area (Å²) < 4.78 is 5.80. The van der Waals surface area contributed by atoms with Gasteiger partial charge in [-0.1, -0.05) is 38.3 Å². The average Bonchev–Trinajstić information content (AvgIpc) is 2.63. The van der Waals surface area contributed by atoms with Gasteiger partial charge in [0.2, 0.25) is 0 Å². The quantitative estimate of drug-likeness (QED) is 0.848. The molecule has 134 valence electrons. The lowest BCUT2D eigenvalue weighted by Crippen LogP contribution is -2.40. The number of aliphatic hydroxyl groups is 1. The summed E-state index contributed by atoms with van der Waals surface area (Å²) in [5, 5.41) is 10.2. The van der Waals surface area contributed by atoms with Gasteiger partial charge in [-0.25, -0.2) is 0 Å². The van der Waals surface area contributed by atoms with Gasteiger partial charge < -0.3 is 14.7 Å². The summed E-state index contributed by atoms with van der Waals surface area (Å²) in [6, 6.07) is 8.56. The number of aliphatic hydroxyl groups excluding tert-OH is 1. The maximum atomic E-state index is 10.2. The third kappa shape index (κ3) is 5.22. The van der Waals surface area contributed by atoms with E-state index in [0.717, 1.165) is 37.2 Å². The van der Waals surface area contributed by atoms with Crippen LogP contribution in [0.15, 0.2) is 24.3 Å². The Kier molecular flexibility index (Phi) is 6.56. The van der Waals surface area contributed by atoms with Gasteiger partial charge in [0.25, 0.3) is 0 Å². The largest absolute Gasteiger partial charge is 0.491 e. The molecule has 0 bridgehead atoms. The van der Waals surface area contributed by atoms with Crippen molar-refractivity contribution in [3.8, 4) is 5.75 Å². The van der Waals surface area contributed by atoms with E-state index in [-0.39, 0.29) is 0 Å². The number of piperidine rings is 1. The van der Waals surface area contributed by atoms with E-state index in [2.05, 4.69) is 36.1 Å². The molecule has 1 heterocycles. The van der Waals surface area contributed by atoms with Crippen molar-refractivity contribution in [3.63, 3.8) is 0 Å². The SMILES string of the molecule is CC1CCN(C[C@H](O)COc2ccc(C3CCCCC3)cc2)CC1. The molecule has 24 heavy (non-hydrogen) atoms. The number of rotatable bonds is 6. The molecule has 1 N–H and O–H groups in total. The fourth-order valence-corrected chi connectivity index (χ4v) is 4.06. The zero-order valence-corrected chi connectivity index (χ0v) is 15.1. The Hall–Kier alpha value is -1.06. The van der Waals surface area contributed by atoms with E-state index in [9.17, 15) is 5.11 Å². The number of likely N-dealkylation sites (tertiary alicyclic amines) is 1. The van der Waals surface area contributed by atoms with Crippen molar-refractivity contribution in [1.82, 2.24) is 4.90 Å². The van der Waals surface area contributed by atoms with E-state index in [0.29, 0.717) is 6.61 Å². The Morgan fingerprint density at radius 3 is 2.38 bits per heavy atom. The number of hydrogen-bond acceptors (Lipinski definition) is 3. The molecular formula is C21H33NO2. The van der Waals surface area contributed by atoms with Crippen LogP contribution in [-0.4, -0.2) is 42.4 Å². The molecule has 1 aliphatic heterocycles. The summed E-state index contributed by atoms with van der Waals surface area (Å²) in [7, 11) is 0. The van der Waals surface area contributed by atoms with Gasteiger partial charge in [-0.2, -0.15) is 0 Å². The molecule has 1 saturated heterocycles. The third-order valence-electron chi connectivity index (χ3n) is 5.74. The van der Waals surface area contributed by atoms with Crippen molar-refractivity contribution in [1.29, 1.82) is 0 Å². The summed E-state index contributed by atoms with van der Waals surface area (Å²) in [4.78, 5) is 2.36. The highest BCUT2D eigenvalue weighted by molar-refractivity contribution is 5.29. The number of β-amino-alcohol motifs (C(OH)–C–C–N with tert-alkyl or cyclic N) is 1. The molecule has 3 nitrogen and oxygen atoms in total. The van der Waals surface area contributed by atoms with Gasteiger partial charge in [0.05, 0.1) is 0 Å². The molecule has 1 aromatic rings. The minimum Gasteiger partial charge on any atom is -0.491 e. The molecule has 0 unspecified atom stereocenters. The van der Waals surface area contributed by atoms with E-state index in [1.807, 2.05) is 0 Å². The highest BCUT2D eigenvalue weighted by Gasteiger charge is 2.19. The fourth-order valence-electron chi connectivity index (χ4n) is 4.06. The highest BCUT2D eigenvalue weighted by Crippen LogP contribution is 2.33. The molecule has 0 radical (unpaired) electrons.